The van der Waals surface area contributed by atoms with Crippen molar-refractivity contribution >= 4 is 24.8 Å². The van der Waals surface area contributed by atoms with E-state index in [-0.39, 0.29) is 17.0 Å². The molecule has 0 radical (unpaired) electrons. The van der Waals surface area contributed by atoms with Crippen LogP contribution < -0.4 is 10.4 Å². The van der Waals surface area contributed by atoms with Crippen LogP contribution in [0.25, 0.3) is 0 Å². The first kappa shape index (κ1) is 27.6. The molecule has 1 fully saturated rings. The third-order valence-electron chi connectivity index (χ3n) is 7.96. The molecule has 0 unspecified atom stereocenters. The molecular formula is C31H43NO4Si. The maximum absolute atomic E-state index is 13.3. The van der Waals surface area contributed by atoms with E-state index < -0.39 is 25.6 Å². The molecule has 1 aliphatic carbocycles. The van der Waals surface area contributed by atoms with Crippen molar-refractivity contribution in [2.45, 2.75) is 89.5 Å². The first-order valence-electron chi connectivity index (χ1n) is 13.5. The number of ether oxygens (including phenoxy) is 1. The monoisotopic (exact) mass is 521 g/mol. The van der Waals surface area contributed by atoms with Gasteiger partial charge in [-0.25, -0.2) is 4.79 Å². The van der Waals surface area contributed by atoms with E-state index in [0.717, 1.165) is 12.8 Å². The van der Waals surface area contributed by atoms with E-state index in [1.165, 1.54) is 10.4 Å². The lowest BCUT2D eigenvalue weighted by Crippen LogP contribution is -2.68. The minimum Gasteiger partial charge on any atom is -0.443 e. The number of rotatable bonds is 5. The van der Waals surface area contributed by atoms with Gasteiger partial charge in [0.25, 0.3) is 8.32 Å². The van der Waals surface area contributed by atoms with E-state index in [4.69, 9.17) is 9.16 Å². The number of aliphatic hydroxyl groups is 1. The van der Waals surface area contributed by atoms with Crippen molar-refractivity contribution in [1.82, 2.24) is 4.90 Å². The third kappa shape index (κ3) is 5.29. The van der Waals surface area contributed by atoms with Gasteiger partial charge in [-0.1, -0.05) is 87.5 Å². The quantitative estimate of drug-likeness (QED) is 0.519. The van der Waals surface area contributed by atoms with Crippen LogP contribution in [-0.4, -0.2) is 48.3 Å². The number of amides is 1. The minimum absolute atomic E-state index is 0.165. The lowest BCUT2D eigenvalue weighted by Gasteiger charge is -2.51. The van der Waals surface area contributed by atoms with Crippen molar-refractivity contribution in [2.24, 2.45) is 5.92 Å². The molecule has 5 nitrogen and oxygen atoms in total. The Morgan fingerprint density at radius 2 is 1.57 bits per heavy atom. The molecule has 1 amide bonds. The maximum Gasteiger partial charge on any atom is 0.414 e. The van der Waals surface area contributed by atoms with E-state index in [9.17, 15) is 9.90 Å². The first-order valence-corrected chi connectivity index (χ1v) is 15.4. The number of carbonyl (C=O) groups is 1. The van der Waals surface area contributed by atoms with Crippen LogP contribution in [0.5, 0.6) is 0 Å². The van der Waals surface area contributed by atoms with Gasteiger partial charge in [0.2, 0.25) is 0 Å². The molecular weight excluding hydrogens is 478 g/mol. The van der Waals surface area contributed by atoms with Gasteiger partial charge in [-0.15, -0.1) is 0 Å². The summed E-state index contributed by atoms with van der Waals surface area (Å²) in [4.78, 5) is 15.1. The van der Waals surface area contributed by atoms with E-state index in [1.54, 1.807) is 4.90 Å². The average Bonchev–Trinajstić information content (AvgIpc) is 3.24. The van der Waals surface area contributed by atoms with Gasteiger partial charge in [-0.2, -0.15) is 0 Å². The van der Waals surface area contributed by atoms with Crippen LogP contribution in [0.4, 0.5) is 4.79 Å². The van der Waals surface area contributed by atoms with Gasteiger partial charge < -0.3 is 14.3 Å². The van der Waals surface area contributed by atoms with E-state index in [1.807, 2.05) is 45.2 Å². The Kier molecular flexibility index (Phi) is 7.76. The summed E-state index contributed by atoms with van der Waals surface area (Å²) < 4.78 is 13.1. The van der Waals surface area contributed by atoms with Crippen molar-refractivity contribution < 1.29 is 19.1 Å². The molecule has 2 aliphatic rings. The van der Waals surface area contributed by atoms with E-state index in [2.05, 4.69) is 69.3 Å². The Morgan fingerprint density at radius 1 is 1.00 bits per heavy atom. The zero-order valence-electron chi connectivity index (χ0n) is 23.2. The standard InChI is InChI=1S/C31H43NO4Si/c1-29(2,3)36-28(34)32-22-14-21-31(32)20-13-19-27(33)26(31)23-35-37(30(4,5)6,24-15-9-7-10-16-24)25-17-11-8-12-18-25/h7-12,14-18,22,26-27,33H,13,19-21,23H2,1-6H3/t26-,27-,31+/m0/s1. The van der Waals surface area contributed by atoms with Crippen molar-refractivity contribution in [2.75, 3.05) is 6.61 Å². The molecule has 0 bridgehead atoms. The van der Waals surface area contributed by atoms with Crippen molar-refractivity contribution in [3.05, 3.63) is 72.9 Å². The fourth-order valence-corrected chi connectivity index (χ4v) is 10.9. The summed E-state index contributed by atoms with van der Waals surface area (Å²) in [6.07, 6.45) is 6.04. The molecule has 6 heteroatoms. The molecule has 2 aromatic carbocycles. The smallest absolute Gasteiger partial charge is 0.414 e. The number of aliphatic hydroxyl groups excluding tert-OH is 1. The fraction of sp³-hybridized carbons (Fsp3) is 0.516. The normalized spacial score (nSPS) is 24.5. The largest absolute Gasteiger partial charge is 0.443 e. The van der Waals surface area contributed by atoms with E-state index in [0.29, 0.717) is 19.4 Å². The van der Waals surface area contributed by atoms with Gasteiger partial charge in [0.15, 0.2) is 0 Å². The molecule has 3 atom stereocenters. The first-order chi connectivity index (χ1) is 17.4. The van der Waals surface area contributed by atoms with Gasteiger partial charge >= 0.3 is 6.09 Å². The Hall–Kier alpha value is -2.41. The van der Waals surface area contributed by atoms with Crippen LogP contribution in [0.15, 0.2) is 72.9 Å². The Labute approximate surface area is 223 Å². The summed E-state index contributed by atoms with van der Waals surface area (Å²) in [5.74, 6) is -0.231. The lowest BCUT2D eigenvalue weighted by atomic mass is 9.70. The number of hydrogen-bond acceptors (Lipinski definition) is 4. The topological polar surface area (TPSA) is 59.0 Å². The summed E-state index contributed by atoms with van der Waals surface area (Å²) >= 11 is 0. The predicted octanol–water partition coefficient (Wildman–Crippen LogP) is 5.62. The summed E-state index contributed by atoms with van der Waals surface area (Å²) in [6, 6.07) is 21.1. The average molecular weight is 522 g/mol. The van der Waals surface area contributed by atoms with Crippen molar-refractivity contribution in [3.63, 3.8) is 0 Å². The van der Waals surface area contributed by atoms with Crippen LogP contribution in [-0.2, 0) is 9.16 Å². The summed E-state index contributed by atoms with van der Waals surface area (Å²) in [7, 11) is -2.78. The van der Waals surface area contributed by atoms with Gasteiger partial charge in [0.1, 0.15) is 5.60 Å². The van der Waals surface area contributed by atoms with Gasteiger partial charge in [-0.3, -0.25) is 4.90 Å². The Morgan fingerprint density at radius 3 is 2.08 bits per heavy atom. The highest BCUT2D eigenvalue weighted by molar-refractivity contribution is 6.99. The van der Waals surface area contributed by atoms with Crippen LogP contribution in [0, 0.1) is 5.92 Å². The second-order valence-corrected chi connectivity index (χ2v) is 16.9. The van der Waals surface area contributed by atoms with Crippen LogP contribution in [0.2, 0.25) is 5.04 Å². The predicted molar refractivity (Wildman–Crippen MR) is 151 cm³/mol. The Balaban J connectivity index is 1.74. The minimum atomic E-state index is -2.78. The molecule has 0 saturated heterocycles. The highest BCUT2D eigenvalue weighted by Crippen LogP contribution is 2.47. The number of hydrogen-bond donors (Lipinski definition) is 1. The second-order valence-electron chi connectivity index (χ2n) is 12.6. The summed E-state index contributed by atoms with van der Waals surface area (Å²) in [5.41, 5.74) is -1.14. The molecule has 37 heavy (non-hydrogen) atoms. The molecule has 1 N–H and O–H groups in total. The summed E-state index contributed by atoms with van der Waals surface area (Å²) in [6.45, 7) is 12.8. The Bertz CT molecular complexity index is 1050. The van der Waals surface area contributed by atoms with Crippen molar-refractivity contribution in [1.29, 1.82) is 0 Å². The zero-order valence-corrected chi connectivity index (χ0v) is 24.2. The molecule has 200 valence electrons. The highest BCUT2D eigenvalue weighted by atomic mass is 28.4. The third-order valence-corrected chi connectivity index (χ3v) is 13.0. The molecule has 2 aromatic rings. The number of carbonyl (C=O) groups excluding carboxylic acids is 1. The van der Waals surface area contributed by atoms with Gasteiger partial charge in [-0.05, 0) is 61.9 Å². The second kappa shape index (κ2) is 10.4. The van der Waals surface area contributed by atoms with Crippen LogP contribution >= 0.6 is 0 Å². The fourth-order valence-electron chi connectivity index (χ4n) is 6.32. The zero-order chi connectivity index (χ0) is 26.9. The van der Waals surface area contributed by atoms with E-state index >= 15 is 0 Å². The number of benzene rings is 2. The molecule has 1 spiro atoms. The van der Waals surface area contributed by atoms with Crippen LogP contribution in [0.3, 0.4) is 0 Å². The molecule has 4 rings (SSSR count). The number of nitrogens with zero attached hydrogens (tertiary/aromatic N) is 1. The molecule has 0 aromatic heterocycles. The van der Waals surface area contributed by atoms with Gasteiger partial charge in [0, 0.05) is 18.7 Å². The van der Waals surface area contributed by atoms with Crippen LogP contribution in [0.1, 0.15) is 67.2 Å². The SMILES string of the molecule is CC(C)(C)OC(=O)N1C=CC[C@@]12CCC[C@H](O)[C@@H]2CO[Si](c1ccccc1)(c1ccccc1)C(C)(C)C. The highest BCUT2D eigenvalue weighted by Gasteiger charge is 2.55. The molecule has 1 saturated carbocycles. The van der Waals surface area contributed by atoms with Crippen molar-refractivity contribution in [3.8, 4) is 0 Å². The molecule has 1 aliphatic heterocycles. The summed E-state index contributed by atoms with van der Waals surface area (Å²) in [5, 5.41) is 13.7. The molecule has 1 heterocycles. The lowest BCUT2D eigenvalue weighted by molar-refractivity contribution is -0.0643. The van der Waals surface area contributed by atoms with Gasteiger partial charge in [0.05, 0.1) is 11.6 Å². The maximum atomic E-state index is 13.3.